The molecule has 1 fully saturated rings. The van der Waals surface area contributed by atoms with Crippen molar-refractivity contribution in [3.05, 3.63) is 29.8 Å². The largest absolute Gasteiger partial charge is 0.490 e. The summed E-state index contributed by atoms with van der Waals surface area (Å²) in [5.41, 5.74) is 0.722. The number of methoxy groups -OCH3 is 1. The van der Waals surface area contributed by atoms with Gasteiger partial charge in [0.25, 0.3) is 0 Å². The minimum Gasteiger partial charge on any atom is -0.490 e. The Labute approximate surface area is 95.4 Å². The van der Waals surface area contributed by atoms with Crippen LogP contribution in [-0.4, -0.2) is 25.6 Å². The van der Waals surface area contributed by atoms with E-state index in [1.807, 2.05) is 24.3 Å². The predicted molar refractivity (Wildman–Crippen MR) is 60.9 cm³/mol. The van der Waals surface area contributed by atoms with Gasteiger partial charge in [-0.2, -0.15) is 0 Å². The molecule has 2 rings (SSSR count). The fourth-order valence-corrected chi connectivity index (χ4v) is 1.44. The van der Waals surface area contributed by atoms with E-state index in [9.17, 15) is 4.79 Å². The van der Waals surface area contributed by atoms with Crippen LogP contribution in [0.4, 0.5) is 0 Å². The van der Waals surface area contributed by atoms with Crippen LogP contribution in [0.15, 0.2) is 24.3 Å². The van der Waals surface area contributed by atoms with Gasteiger partial charge in [0, 0.05) is 19.1 Å². The van der Waals surface area contributed by atoms with Gasteiger partial charge in [0.2, 0.25) is 0 Å². The maximum absolute atomic E-state index is 11.6. The highest BCUT2D eigenvalue weighted by Gasteiger charge is 2.23. The van der Waals surface area contributed by atoms with Gasteiger partial charge < -0.3 is 9.47 Å². The third-order valence-electron chi connectivity index (χ3n) is 2.54. The number of Topliss-reactive ketones (excluding diaryl/α,β-unsaturated/α-hetero) is 1. The maximum Gasteiger partial charge on any atom is 0.165 e. The van der Waals surface area contributed by atoms with Gasteiger partial charge in [-0.25, -0.2) is 0 Å². The minimum atomic E-state index is 0.111. The molecular weight excluding hydrogens is 204 g/mol. The second-order valence-corrected chi connectivity index (χ2v) is 4.01. The van der Waals surface area contributed by atoms with Crippen LogP contribution in [0, 0.1) is 0 Å². The molecule has 1 aromatic rings. The van der Waals surface area contributed by atoms with Gasteiger partial charge in [-0.1, -0.05) is 0 Å². The van der Waals surface area contributed by atoms with Crippen molar-refractivity contribution in [2.24, 2.45) is 0 Å². The van der Waals surface area contributed by atoms with Crippen LogP contribution >= 0.6 is 0 Å². The Kier molecular flexibility index (Phi) is 3.57. The lowest BCUT2D eigenvalue weighted by Gasteiger charge is -2.05. The molecule has 16 heavy (non-hydrogen) atoms. The number of carbonyl (C=O) groups excluding carboxylic acids is 1. The lowest BCUT2D eigenvalue weighted by molar-refractivity contribution is 0.0932. The predicted octanol–water partition coefficient (Wildman–Crippen LogP) is 2.45. The minimum absolute atomic E-state index is 0.111. The number of rotatable bonds is 6. The van der Waals surface area contributed by atoms with Crippen molar-refractivity contribution in [1.29, 1.82) is 0 Å². The smallest absolute Gasteiger partial charge is 0.165 e. The third kappa shape index (κ3) is 3.07. The van der Waals surface area contributed by atoms with Crippen molar-refractivity contribution in [1.82, 2.24) is 0 Å². The molecule has 86 valence electrons. The standard InChI is InChI=1S/C13H16O3/c1-15-9-8-13(14)10-2-4-11(5-3-10)16-12-6-7-12/h2-5,12H,6-9H2,1H3. The van der Waals surface area contributed by atoms with E-state index in [0.29, 0.717) is 19.1 Å². The first-order valence-corrected chi connectivity index (χ1v) is 5.58. The second-order valence-electron chi connectivity index (χ2n) is 4.01. The molecule has 0 aliphatic heterocycles. The van der Waals surface area contributed by atoms with Crippen molar-refractivity contribution < 1.29 is 14.3 Å². The van der Waals surface area contributed by atoms with Crippen molar-refractivity contribution in [2.45, 2.75) is 25.4 Å². The number of ether oxygens (including phenoxy) is 2. The SMILES string of the molecule is COCCC(=O)c1ccc(OC2CC2)cc1. The summed E-state index contributed by atoms with van der Waals surface area (Å²) in [5, 5.41) is 0. The average Bonchev–Trinajstić information content (AvgIpc) is 3.11. The van der Waals surface area contributed by atoms with E-state index in [1.165, 1.54) is 0 Å². The van der Waals surface area contributed by atoms with Crippen LogP contribution in [-0.2, 0) is 4.74 Å². The zero-order valence-electron chi connectivity index (χ0n) is 9.44. The number of ketones is 1. The van der Waals surface area contributed by atoms with E-state index in [-0.39, 0.29) is 5.78 Å². The molecular formula is C13H16O3. The maximum atomic E-state index is 11.6. The first-order valence-electron chi connectivity index (χ1n) is 5.58. The highest BCUT2D eigenvalue weighted by Crippen LogP contribution is 2.26. The Bertz CT molecular complexity index is 352. The van der Waals surface area contributed by atoms with E-state index in [0.717, 1.165) is 24.2 Å². The van der Waals surface area contributed by atoms with Crippen LogP contribution in [0.2, 0.25) is 0 Å². The molecule has 0 aromatic heterocycles. The molecule has 0 unspecified atom stereocenters. The Morgan fingerprint density at radius 3 is 2.56 bits per heavy atom. The van der Waals surface area contributed by atoms with Crippen molar-refractivity contribution in [2.75, 3.05) is 13.7 Å². The van der Waals surface area contributed by atoms with E-state index in [4.69, 9.17) is 9.47 Å². The van der Waals surface area contributed by atoms with Gasteiger partial charge in [0.1, 0.15) is 5.75 Å². The van der Waals surface area contributed by atoms with Crippen LogP contribution in [0.25, 0.3) is 0 Å². The summed E-state index contributed by atoms with van der Waals surface area (Å²) in [4.78, 5) is 11.6. The molecule has 3 heteroatoms. The molecule has 1 aromatic carbocycles. The molecule has 0 amide bonds. The van der Waals surface area contributed by atoms with Crippen molar-refractivity contribution in [3.63, 3.8) is 0 Å². The topological polar surface area (TPSA) is 35.5 Å². The Hall–Kier alpha value is -1.35. The lowest BCUT2D eigenvalue weighted by atomic mass is 10.1. The summed E-state index contributed by atoms with van der Waals surface area (Å²) in [5.74, 6) is 0.964. The second kappa shape index (κ2) is 5.12. The average molecular weight is 220 g/mol. The number of hydrogen-bond acceptors (Lipinski definition) is 3. The Morgan fingerprint density at radius 1 is 1.31 bits per heavy atom. The van der Waals surface area contributed by atoms with Crippen LogP contribution < -0.4 is 4.74 Å². The molecule has 3 nitrogen and oxygen atoms in total. The zero-order valence-corrected chi connectivity index (χ0v) is 9.44. The summed E-state index contributed by atoms with van der Waals surface area (Å²) < 4.78 is 10.5. The Morgan fingerprint density at radius 2 is 2.00 bits per heavy atom. The van der Waals surface area contributed by atoms with Gasteiger partial charge in [-0.15, -0.1) is 0 Å². The molecule has 0 saturated heterocycles. The molecule has 0 radical (unpaired) electrons. The molecule has 1 saturated carbocycles. The summed E-state index contributed by atoms with van der Waals surface area (Å²) in [6.45, 7) is 0.471. The van der Waals surface area contributed by atoms with Gasteiger partial charge in [-0.3, -0.25) is 4.79 Å². The van der Waals surface area contributed by atoms with Gasteiger partial charge in [-0.05, 0) is 37.1 Å². The lowest BCUT2D eigenvalue weighted by Crippen LogP contribution is -2.03. The van der Waals surface area contributed by atoms with Crippen molar-refractivity contribution in [3.8, 4) is 5.75 Å². The van der Waals surface area contributed by atoms with Crippen LogP contribution in [0.5, 0.6) is 5.75 Å². The summed E-state index contributed by atoms with van der Waals surface area (Å²) in [6.07, 6.45) is 3.12. The van der Waals surface area contributed by atoms with E-state index in [2.05, 4.69) is 0 Å². The Balaban J connectivity index is 1.92. The molecule has 0 atom stereocenters. The van der Waals surface area contributed by atoms with E-state index < -0.39 is 0 Å². The summed E-state index contributed by atoms with van der Waals surface area (Å²) >= 11 is 0. The van der Waals surface area contributed by atoms with Gasteiger partial charge in [0.05, 0.1) is 12.7 Å². The van der Waals surface area contributed by atoms with Crippen LogP contribution in [0.1, 0.15) is 29.6 Å². The molecule has 0 N–H and O–H groups in total. The van der Waals surface area contributed by atoms with Gasteiger partial charge in [0.15, 0.2) is 5.78 Å². The summed E-state index contributed by atoms with van der Waals surface area (Å²) in [6, 6.07) is 7.35. The normalized spacial score (nSPS) is 14.8. The highest BCUT2D eigenvalue weighted by atomic mass is 16.5. The fraction of sp³-hybridized carbons (Fsp3) is 0.462. The van der Waals surface area contributed by atoms with E-state index in [1.54, 1.807) is 7.11 Å². The fourth-order valence-electron chi connectivity index (χ4n) is 1.44. The third-order valence-corrected chi connectivity index (χ3v) is 2.54. The highest BCUT2D eigenvalue weighted by molar-refractivity contribution is 5.96. The zero-order chi connectivity index (χ0) is 11.4. The van der Waals surface area contributed by atoms with Crippen molar-refractivity contribution >= 4 is 5.78 Å². The molecule has 0 heterocycles. The van der Waals surface area contributed by atoms with Gasteiger partial charge >= 0.3 is 0 Å². The number of benzene rings is 1. The molecule has 1 aliphatic rings. The number of hydrogen-bond donors (Lipinski definition) is 0. The molecule has 1 aliphatic carbocycles. The number of carbonyl (C=O) groups is 1. The molecule has 0 bridgehead atoms. The summed E-state index contributed by atoms with van der Waals surface area (Å²) in [7, 11) is 1.60. The van der Waals surface area contributed by atoms with Crippen LogP contribution in [0.3, 0.4) is 0 Å². The molecule has 0 spiro atoms. The first-order chi connectivity index (χ1) is 7.79. The first kappa shape index (κ1) is 11.1. The van der Waals surface area contributed by atoms with E-state index >= 15 is 0 Å². The quantitative estimate of drug-likeness (QED) is 0.691. The monoisotopic (exact) mass is 220 g/mol.